The summed E-state index contributed by atoms with van der Waals surface area (Å²) >= 11 is 0. The number of benzene rings is 3. The molecule has 3 aromatic rings. The van der Waals surface area contributed by atoms with Crippen molar-refractivity contribution < 1.29 is 28.5 Å². The number of methoxy groups -OCH3 is 3. The molecule has 6 heteroatoms. The second kappa shape index (κ2) is 8.00. The number of carbonyl (C=O) groups is 2. The monoisotopic (exact) mass is 380 g/mol. The van der Waals surface area contributed by atoms with Crippen LogP contribution in [0.1, 0.15) is 17.3 Å². The van der Waals surface area contributed by atoms with E-state index in [4.69, 9.17) is 18.9 Å². The topological polar surface area (TPSA) is 71.1 Å². The van der Waals surface area contributed by atoms with Gasteiger partial charge in [-0.2, -0.15) is 0 Å². The van der Waals surface area contributed by atoms with Gasteiger partial charge in [0.25, 0.3) is 0 Å². The lowest BCUT2D eigenvalue weighted by atomic mass is 9.92. The van der Waals surface area contributed by atoms with Crippen molar-refractivity contribution in [2.75, 3.05) is 21.3 Å². The predicted octanol–water partition coefficient (Wildman–Crippen LogP) is 4.24. The highest BCUT2D eigenvalue weighted by atomic mass is 16.5. The number of esters is 2. The van der Waals surface area contributed by atoms with Crippen molar-refractivity contribution >= 4 is 22.7 Å². The minimum atomic E-state index is -0.531. The first-order valence-corrected chi connectivity index (χ1v) is 8.54. The Bertz CT molecular complexity index is 1040. The number of fused-ring (bicyclic) bond motifs is 1. The Balaban J connectivity index is 2.38. The second-order valence-electron chi connectivity index (χ2n) is 6.02. The van der Waals surface area contributed by atoms with E-state index in [1.807, 2.05) is 30.3 Å². The van der Waals surface area contributed by atoms with E-state index in [9.17, 15) is 9.59 Å². The molecule has 0 saturated carbocycles. The fraction of sp³-hybridized carbons (Fsp3) is 0.182. The molecule has 28 heavy (non-hydrogen) atoms. The van der Waals surface area contributed by atoms with E-state index in [0.717, 1.165) is 10.9 Å². The van der Waals surface area contributed by atoms with Gasteiger partial charge in [0.05, 0.1) is 26.9 Å². The van der Waals surface area contributed by atoms with Gasteiger partial charge in [0, 0.05) is 17.9 Å². The minimum absolute atomic E-state index is 0.263. The molecule has 0 saturated heterocycles. The van der Waals surface area contributed by atoms with Gasteiger partial charge in [-0.15, -0.1) is 0 Å². The third-order valence-electron chi connectivity index (χ3n) is 4.34. The first-order valence-electron chi connectivity index (χ1n) is 8.54. The first-order chi connectivity index (χ1) is 13.5. The maximum Gasteiger partial charge on any atom is 0.338 e. The van der Waals surface area contributed by atoms with Crippen LogP contribution in [-0.4, -0.2) is 33.3 Å². The van der Waals surface area contributed by atoms with Crippen molar-refractivity contribution in [2.45, 2.75) is 6.92 Å². The molecule has 0 bridgehead atoms. The van der Waals surface area contributed by atoms with E-state index in [1.165, 1.54) is 20.1 Å². The zero-order valence-electron chi connectivity index (χ0n) is 16.1. The molecule has 3 rings (SSSR count). The molecular weight excluding hydrogens is 360 g/mol. The van der Waals surface area contributed by atoms with Crippen LogP contribution in [0.4, 0.5) is 0 Å². The van der Waals surface area contributed by atoms with E-state index < -0.39 is 11.9 Å². The third kappa shape index (κ3) is 3.62. The summed E-state index contributed by atoms with van der Waals surface area (Å²) in [5.41, 5.74) is 1.76. The van der Waals surface area contributed by atoms with E-state index in [-0.39, 0.29) is 5.75 Å². The normalized spacial score (nSPS) is 10.4. The Kier molecular flexibility index (Phi) is 5.49. The maximum absolute atomic E-state index is 12.5. The van der Waals surface area contributed by atoms with Gasteiger partial charge in [0.1, 0.15) is 17.2 Å². The molecule has 0 aliphatic rings. The third-order valence-corrected chi connectivity index (χ3v) is 4.34. The average molecular weight is 380 g/mol. The summed E-state index contributed by atoms with van der Waals surface area (Å²) in [7, 11) is 4.45. The lowest BCUT2D eigenvalue weighted by Crippen LogP contribution is -2.08. The van der Waals surface area contributed by atoms with Crippen LogP contribution in [0.2, 0.25) is 0 Å². The van der Waals surface area contributed by atoms with Gasteiger partial charge in [0.2, 0.25) is 0 Å². The van der Waals surface area contributed by atoms with Gasteiger partial charge in [-0.1, -0.05) is 12.1 Å². The van der Waals surface area contributed by atoms with Gasteiger partial charge in [0.15, 0.2) is 0 Å². The summed E-state index contributed by atoms with van der Waals surface area (Å²) in [4.78, 5) is 24.1. The number of carbonyl (C=O) groups excluding carboxylic acids is 2. The van der Waals surface area contributed by atoms with Crippen LogP contribution in [-0.2, 0) is 9.53 Å². The Labute approximate surface area is 162 Å². The van der Waals surface area contributed by atoms with Gasteiger partial charge in [-0.3, -0.25) is 4.79 Å². The molecule has 0 heterocycles. The van der Waals surface area contributed by atoms with Crippen LogP contribution in [0.3, 0.4) is 0 Å². The van der Waals surface area contributed by atoms with Crippen LogP contribution in [0, 0.1) is 0 Å². The molecule has 0 aliphatic heterocycles. The molecule has 0 unspecified atom stereocenters. The molecule has 0 fully saturated rings. The van der Waals surface area contributed by atoms with Crippen molar-refractivity contribution in [3.63, 3.8) is 0 Å². The zero-order valence-corrected chi connectivity index (χ0v) is 16.1. The molecule has 0 amide bonds. The summed E-state index contributed by atoms with van der Waals surface area (Å²) in [5, 5.41) is 1.37. The molecule has 0 radical (unpaired) electrons. The van der Waals surface area contributed by atoms with E-state index in [2.05, 4.69) is 0 Å². The number of hydrogen-bond acceptors (Lipinski definition) is 6. The quantitative estimate of drug-likeness (QED) is 0.487. The molecular formula is C22H20O6. The largest absolute Gasteiger partial charge is 0.497 e. The Hall–Kier alpha value is -3.54. The standard InChI is InChI=1S/C22H20O6/c1-13(23)28-20-12-19(22(24)27-4)21(14-5-7-15(25-2)8-6-14)17-10-9-16(26-3)11-18(17)20/h5-12H,1-4H3. The molecule has 0 aliphatic carbocycles. The smallest absolute Gasteiger partial charge is 0.338 e. The SMILES string of the molecule is COC(=O)c1cc(OC(C)=O)c2cc(OC)ccc2c1-c1ccc(OC)cc1. The van der Waals surface area contributed by atoms with Crippen molar-refractivity contribution in [3.8, 4) is 28.4 Å². The zero-order chi connectivity index (χ0) is 20.3. The summed E-state index contributed by atoms with van der Waals surface area (Å²) < 4.78 is 20.9. The molecule has 3 aromatic carbocycles. The lowest BCUT2D eigenvalue weighted by Gasteiger charge is -2.16. The van der Waals surface area contributed by atoms with Crippen LogP contribution in [0.5, 0.6) is 17.2 Å². The minimum Gasteiger partial charge on any atom is -0.497 e. The highest BCUT2D eigenvalue weighted by Crippen LogP contribution is 2.40. The summed E-state index contributed by atoms with van der Waals surface area (Å²) in [6, 6.07) is 14.2. The molecule has 0 aromatic heterocycles. The van der Waals surface area contributed by atoms with Crippen LogP contribution in [0.15, 0.2) is 48.5 Å². The first kappa shape index (κ1) is 19.2. The average Bonchev–Trinajstić information content (AvgIpc) is 2.72. The maximum atomic E-state index is 12.5. The molecule has 144 valence electrons. The fourth-order valence-corrected chi connectivity index (χ4v) is 3.08. The van der Waals surface area contributed by atoms with Gasteiger partial charge < -0.3 is 18.9 Å². The van der Waals surface area contributed by atoms with Gasteiger partial charge in [-0.25, -0.2) is 4.79 Å². The van der Waals surface area contributed by atoms with Crippen LogP contribution < -0.4 is 14.2 Å². The highest BCUT2D eigenvalue weighted by Gasteiger charge is 2.21. The summed E-state index contributed by atoms with van der Waals surface area (Å²) in [5.74, 6) is 0.548. The Morgan fingerprint density at radius 1 is 0.786 bits per heavy atom. The van der Waals surface area contributed by atoms with Crippen LogP contribution in [0.25, 0.3) is 21.9 Å². The van der Waals surface area contributed by atoms with Crippen molar-refractivity contribution in [1.82, 2.24) is 0 Å². The van der Waals surface area contributed by atoms with Crippen molar-refractivity contribution in [2.24, 2.45) is 0 Å². The molecule has 0 spiro atoms. The highest BCUT2D eigenvalue weighted by molar-refractivity contribution is 6.11. The Morgan fingerprint density at radius 3 is 2.00 bits per heavy atom. The number of ether oxygens (including phenoxy) is 4. The second-order valence-corrected chi connectivity index (χ2v) is 6.02. The predicted molar refractivity (Wildman–Crippen MR) is 105 cm³/mol. The molecule has 0 N–H and O–H groups in total. The Morgan fingerprint density at radius 2 is 1.43 bits per heavy atom. The van der Waals surface area contributed by atoms with Crippen molar-refractivity contribution in [1.29, 1.82) is 0 Å². The van der Waals surface area contributed by atoms with E-state index in [0.29, 0.717) is 28.0 Å². The summed E-state index contributed by atoms with van der Waals surface area (Å²) in [6.45, 7) is 1.31. The van der Waals surface area contributed by atoms with Gasteiger partial charge >= 0.3 is 11.9 Å². The molecule has 6 nitrogen and oxygen atoms in total. The molecule has 0 atom stereocenters. The fourth-order valence-electron chi connectivity index (χ4n) is 3.08. The van der Waals surface area contributed by atoms with Crippen molar-refractivity contribution in [3.05, 3.63) is 54.1 Å². The number of rotatable bonds is 5. The number of hydrogen-bond donors (Lipinski definition) is 0. The van der Waals surface area contributed by atoms with Crippen LogP contribution >= 0.6 is 0 Å². The van der Waals surface area contributed by atoms with E-state index >= 15 is 0 Å². The lowest BCUT2D eigenvalue weighted by molar-refractivity contribution is -0.131. The van der Waals surface area contributed by atoms with Gasteiger partial charge in [-0.05, 0) is 47.3 Å². The summed E-state index contributed by atoms with van der Waals surface area (Å²) in [6.07, 6.45) is 0. The van der Waals surface area contributed by atoms with E-state index in [1.54, 1.807) is 26.4 Å².